The minimum Gasteiger partial charge on any atom is -0.210 e. The molecule has 0 saturated heterocycles. The molecule has 1 aromatic carbocycles. The van der Waals surface area contributed by atoms with E-state index in [1.165, 1.54) is 6.20 Å². The zero-order chi connectivity index (χ0) is 10.3. The molecule has 0 aliphatic rings. The lowest BCUT2D eigenvalue weighted by atomic mass is 10.2. The fraction of sp³-hybridized carbons (Fsp3) is 0.222. The van der Waals surface area contributed by atoms with E-state index in [2.05, 4.69) is 21.0 Å². The summed E-state index contributed by atoms with van der Waals surface area (Å²) in [6.45, 7) is -0.740. The van der Waals surface area contributed by atoms with Crippen LogP contribution in [0.25, 0.3) is 10.9 Å². The molecule has 0 N–H and O–H groups in total. The summed E-state index contributed by atoms with van der Waals surface area (Å²) in [6.07, 6.45) is 1.34. The van der Waals surface area contributed by atoms with Gasteiger partial charge in [-0.3, -0.25) is 0 Å². The number of nitrogens with zero attached hydrogens (tertiary/aromatic N) is 2. The van der Waals surface area contributed by atoms with Crippen molar-refractivity contribution in [2.24, 2.45) is 0 Å². The Morgan fingerprint density at radius 2 is 2.14 bits per heavy atom. The van der Waals surface area contributed by atoms with Gasteiger partial charge >= 0.3 is 6.55 Å². The van der Waals surface area contributed by atoms with Gasteiger partial charge in [0, 0.05) is 16.1 Å². The van der Waals surface area contributed by atoms with E-state index in [-0.39, 0.29) is 0 Å². The third-order valence-corrected chi connectivity index (χ3v) is 2.44. The van der Waals surface area contributed by atoms with Crippen molar-refractivity contribution in [2.45, 2.75) is 13.5 Å². The average Bonchev–Trinajstić information content (AvgIpc) is 2.47. The van der Waals surface area contributed by atoms with Gasteiger partial charge in [0.15, 0.2) is 0 Å². The molecule has 14 heavy (non-hydrogen) atoms. The van der Waals surface area contributed by atoms with E-state index < -0.39 is 6.55 Å². The van der Waals surface area contributed by atoms with Crippen LogP contribution in [-0.2, 0) is 0 Å². The highest BCUT2D eigenvalue weighted by Gasteiger charge is 2.10. The Morgan fingerprint density at radius 3 is 2.79 bits per heavy atom. The molecule has 0 aliphatic carbocycles. The van der Waals surface area contributed by atoms with Crippen LogP contribution < -0.4 is 0 Å². The van der Waals surface area contributed by atoms with Gasteiger partial charge in [-0.05, 0) is 24.6 Å². The second-order valence-electron chi connectivity index (χ2n) is 3.05. The Morgan fingerprint density at radius 1 is 1.43 bits per heavy atom. The van der Waals surface area contributed by atoms with Crippen LogP contribution in [0, 0.1) is 6.92 Å². The normalized spacial score (nSPS) is 11.5. The van der Waals surface area contributed by atoms with Gasteiger partial charge < -0.3 is 0 Å². The fourth-order valence-corrected chi connectivity index (χ4v) is 1.97. The highest BCUT2D eigenvalue weighted by Crippen LogP contribution is 2.24. The van der Waals surface area contributed by atoms with E-state index in [0.717, 1.165) is 15.4 Å². The summed E-state index contributed by atoms with van der Waals surface area (Å²) in [5.74, 6) is 0. The lowest BCUT2D eigenvalue weighted by molar-refractivity contribution is 0.0573. The summed E-state index contributed by atoms with van der Waals surface area (Å²) in [6, 6.07) is 3.62. The molecular formula is C9H7BrF2N2. The van der Waals surface area contributed by atoms with Crippen LogP contribution in [0.2, 0.25) is 0 Å². The largest absolute Gasteiger partial charge is 0.333 e. The Labute approximate surface area is 87.6 Å². The number of fused-ring (bicyclic) bond motifs is 1. The number of aryl methyl sites for hydroxylation is 1. The van der Waals surface area contributed by atoms with E-state index in [9.17, 15) is 8.78 Å². The molecule has 2 aromatic rings. The average molecular weight is 261 g/mol. The van der Waals surface area contributed by atoms with Crippen molar-refractivity contribution in [1.82, 2.24) is 9.78 Å². The molecule has 1 heterocycles. The van der Waals surface area contributed by atoms with E-state index in [1.807, 2.05) is 13.0 Å². The predicted molar refractivity (Wildman–Crippen MR) is 53.4 cm³/mol. The monoisotopic (exact) mass is 260 g/mol. The number of aromatic nitrogens is 2. The molecule has 0 saturated carbocycles. The number of halogens is 3. The zero-order valence-electron chi connectivity index (χ0n) is 7.34. The Bertz CT molecular complexity index is 479. The summed E-state index contributed by atoms with van der Waals surface area (Å²) >= 11 is 3.30. The number of benzene rings is 1. The van der Waals surface area contributed by atoms with Gasteiger partial charge in [-0.15, -0.1) is 0 Å². The quantitative estimate of drug-likeness (QED) is 0.768. The Hall–Kier alpha value is -0.970. The van der Waals surface area contributed by atoms with Crippen molar-refractivity contribution < 1.29 is 8.78 Å². The predicted octanol–water partition coefficient (Wildman–Crippen LogP) is 3.50. The SMILES string of the molecule is Cc1cc(Br)cc2cn(C(F)F)nc12. The fourth-order valence-electron chi connectivity index (χ4n) is 1.38. The molecule has 0 fully saturated rings. The molecule has 0 bridgehead atoms. The summed E-state index contributed by atoms with van der Waals surface area (Å²) in [4.78, 5) is 0. The first-order valence-electron chi connectivity index (χ1n) is 4.01. The number of hydrogen-bond acceptors (Lipinski definition) is 1. The molecule has 0 atom stereocenters. The maximum atomic E-state index is 12.3. The van der Waals surface area contributed by atoms with E-state index in [4.69, 9.17) is 0 Å². The molecule has 2 nitrogen and oxygen atoms in total. The molecule has 0 aliphatic heterocycles. The van der Waals surface area contributed by atoms with Crippen LogP contribution >= 0.6 is 15.9 Å². The number of rotatable bonds is 1. The molecule has 0 amide bonds. The maximum absolute atomic E-state index is 12.3. The first-order chi connectivity index (χ1) is 6.58. The molecule has 5 heteroatoms. The third-order valence-electron chi connectivity index (χ3n) is 1.98. The number of hydrogen-bond donors (Lipinski definition) is 0. The van der Waals surface area contributed by atoms with E-state index >= 15 is 0 Å². The Balaban J connectivity index is 2.70. The van der Waals surface area contributed by atoms with Crippen molar-refractivity contribution in [1.29, 1.82) is 0 Å². The highest BCUT2D eigenvalue weighted by molar-refractivity contribution is 9.10. The maximum Gasteiger partial charge on any atom is 0.333 e. The van der Waals surface area contributed by atoms with Crippen molar-refractivity contribution in [3.8, 4) is 0 Å². The molecule has 0 spiro atoms. The molecule has 74 valence electrons. The molecular weight excluding hydrogens is 254 g/mol. The van der Waals surface area contributed by atoms with Crippen molar-refractivity contribution in [3.05, 3.63) is 28.4 Å². The molecule has 0 unspecified atom stereocenters. The smallest absolute Gasteiger partial charge is 0.210 e. The van der Waals surface area contributed by atoms with Gasteiger partial charge in [0.1, 0.15) is 0 Å². The first-order valence-corrected chi connectivity index (χ1v) is 4.80. The van der Waals surface area contributed by atoms with Crippen molar-refractivity contribution in [3.63, 3.8) is 0 Å². The van der Waals surface area contributed by atoms with Gasteiger partial charge in [-0.2, -0.15) is 13.9 Å². The molecule has 1 aromatic heterocycles. The minimum atomic E-state index is -2.58. The molecule has 2 rings (SSSR count). The summed E-state index contributed by atoms with van der Waals surface area (Å²) in [7, 11) is 0. The van der Waals surface area contributed by atoms with Crippen LogP contribution in [0.1, 0.15) is 12.1 Å². The van der Waals surface area contributed by atoms with Gasteiger partial charge in [0.05, 0.1) is 5.52 Å². The van der Waals surface area contributed by atoms with Crippen LogP contribution in [0.3, 0.4) is 0 Å². The Kier molecular flexibility index (Phi) is 2.26. The van der Waals surface area contributed by atoms with Crippen LogP contribution in [0.4, 0.5) is 8.78 Å². The van der Waals surface area contributed by atoms with Gasteiger partial charge in [0.25, 0.3) is 0 Å². The lowest BCUT2D eigenvalue weighted by Crippen LogP contribution is -1.97. The highest BCUT2D eigenvalue weighted by atomic mass is 79.9. The van der Waals surface area contributed by atoms with Crippen LogP contribution in [0.15, 0.2) is 22.8 Å². The van der Waals surface area contributed by atoms with Gasteiger partial charge in [-0.25, -0.2) is 4.68 Å². The van der Waals surface area contributed by atoms with Gasteiger partial charge in [0.2, 0.25) is 0 Å². The first kappa shape index (κ1) is 9.58. The summed E-state index contributed by atoms with van der Waals surface area (Å²) in [5.41, 5.74) is 1.50. The number of alkyl halides is 2. The lowest BCUT2D eigenvalue weighted by Gasteiger charge is -1.95. The minimum absolute atomic E-state index is 0.619. The second kappa shape index (κ2) is 3.31. The van der Waals surface area contributed by atoms with Crippen molar-refractivity contribution in [2.75, 3.05) is 0 Å². The summed E-state index contributed by atoms with van der Waals surface area (Å²) < 4.78 is 26.2. The van der Waals surface area contributed by atoms with E-state index in [1.54, 1.807) is 6.07 Å². The van der Waals surface area contributed by atoms with E-state index in [0.29, 0.717) is 10.2 Å². The second-order valence-corrected chi connectivity index (χ2v) is 3.96. The zero-order valence-corrected chi connectivity index (χ0v) is 8.92. The van der Waals surface area contributed by atoms with Crippen molar-refractivity contribution >= 4 is 26.8 Å². The van der Waals surface area contributed by atoms with Gasteiger partial charge in [-0.1, -0.05) is 15.9 Å². The summed E-state index contributed by atoms with van der Waals surface area (Å²) in [5, 5.41) is 4.52. The van der Waals surface area contributed by atoms with Crippen LogP contribution in [-0.4, -0.2) is 9.78 Å². The third kappa shape index (κ3) is 1.52. The molecule has 0 radical (unpaired) electrons. The topological polar surface area (TPSA) is 17.8 Å². The van der Waals surface area contributed by atoms with Crippen LogP contribution in [0.5, 0.6) is 0 Å². The standard InChI is InChI=1S/C9H7BrF2N2/c1-5-2-7(10)3-6-4-14(9(11)12)13-8(5)6/h2-4,9H,1H3.